The highest BCUT2D eigenvalue weighted by Gasteiger charge is 2.15. The monoisotopic (exact) mass is 444 g/mol. The maximum Gasteiger partial charge on any atom is 0.230 e. The molecule has 140 valence electrons. The Morgan fingerprint density at radius 2 is 1.85 bits per heavy atom. The predicted molar refractivity (Wildman–Crippen MR) is 113 cm³/mol. The largest absolute Gasteiger partial charge is 0.349 e. The van der Waals surface area contributed by atoms with Crippen LogP contribution in [0, 0.1) is 0 Å². The molecule has 1 atom stereocenters. The number of hydrogen-bond donors (Lipinski definition) is 1. The van der Waals surface area contributed by atoms with Gasteiger partial charge >= 0.3 is 0 Å². The van der Waals surface area contributed by atoms with Gasteiger partial charge in [-0.3, -0.25) is 4.79 Å². The Hall–Kier alpha value is -2.12. The molecule has 3 aromatic rings. The third-order valence-corrected chi connectivity index (χ3v) is 5.64. The van der Waals surface area contributed by atoms with Crippen LogP contribution in [0.5, 0.6) is 0 Å². The van der Waals surface area contributed by atoms with Crippen LogP contribution >= 0.6 is 27.7 Å². The number of carbonyl (C=O) groups is 1. The van der Waals surface area contributed by atoms with Crippen molar-refractivity contribution in [3.05, 3.63) is 64.6 Å². The van der Waals surface area contributed by atoms with Gasteiger partial charge in [-0.25, -0.2) is 0 Å². The molecular formula is C20H21BrN4OS. The first-order valence-corrected chi connectivity index (χ1v) is 10.5. The highest BCUT2D eigenvalue weighted by atomic mass is 79.9. The Balaban J connectivity index is 1.64. The second-order valence-electron chi connectivity index (χ2n) is 6.05. The molecule has 1 aromatic heterocycles. The van der Waals surface area contributed by atoms with Gasteiger partial charge in [0.15, 0.2) is 11.0 Å². The average molecular weight is 445 g/mol. The summed E-state index contributed by atoms with van der Waals surface area (Å²) in [5.41, 5.74) is 2.09. The molecule has 27 heavy (non-hydrogen) atoms. The van der Waals surface area contributed by atoms with Gasteiger partial charge in [-0.15, -0.1) is 10.2 Å². The fraction of sp³-hybridized carbons (Fsp3) is 0.250. The molecule has 3 rings (SSSR count). The van der Waals surface area contributed by atoms with E-state index in [0.29, 0.717) is 5.75 Å². The fourth-order valence-corrected chi connectivity index (χ4v) is 3.81. The van der Waals surface area contributed by atoms with E-state index in [1.54, 1.807) is 0 Å². The molecule has 0 radical (unpaired) electrons. The molecule has 2 aromatic carbocycles. The summed E-state index contributed by atoms with van der Waals surface area (Å²) in [6.45, 7) is 4.77. The van der Waals surface area contributed by atoms with Crippen molar-refractivity contribution in [1.82, 2.24) is 20.1 Å². The average Bonchev–Trinajstić information content (AvgIpc) is 3.10. The van der Waals surface area contributed by atoms with Crippen molar-refractivity contribution in [2.45, 2.75) is 31.6 Å². The molecule has 1 heterocycles. The van der Waals surface area contributed by atoms with Crippen molar-refractivity contribution in [2.75, 3.05) is 5.75 Å². The molecule has 5 nitrogen and oxygen atoms in total. The molecule has 0 spiro atoms. The third-order valence-electron chi connectivity index (χ3n) is 4.14. The summed E-state index contributed by atoms with van der Waals surface area (Å²) in [5, 5.41) is 12.4. The molecule has 0 fully saturated rings. The highest BCUT2D eigenvalue weighted by Crippen LogP contribution is 2.25. The number of carbonyl (C=O) groups excluding carboxylic acids is 1. The minimum atomic E-state index is -0.0262. The van der Waals surface area contributed by atoms with Crippen molar-refractivity contribution in [2.24, 2.45) is 0 Å². The van der Waals surface area contributed by atoms with Gasteiger partial charge in [-0.2, -0.15) is 0 Å². The summed E-state index contributed by atoms with van der Waals surface area (Å²) < 4.78 is 3.05. The van der Waals surface area contributed by atoms with Crippen LogP contribution in [-0.4, -0.2) is 26.4 Å². The summed E-state index contributed by atoms with van der Waals surface area (Å²) in [5.74, 6) is 1.09. The molecule has 0 saturated carbocycles. The number of nitrogens with one attached hydrogen (secondary N) is 1. The minimum absolute atomic E-state index is 0.0211. The Morgan fingerprint density at radius 3 is 2.52 bits per heavy atom. The molecule has 7 heteroatoms. The molecule has 0 aliphatic carbocycles. The lowest BCUT2D eigenvalue weighted by molar-refractivity contribution is -0.119. The van der Waals surface area contributed by atoms with Gasteiger partial charge in [-0.1, -0.05) is 70.2 Å². The summed E-state index contributed by atoms with van der Waals surface area (Å²) in [6.07, 6.45) is 0. The lowest BCUT2D eigenvalue weighted by atomic mass is 10.1. The van der Waals surface area contributed by atoms with Crippen molar-refractivity contribution < 1.29 is 4.79 Å². The van der Waals surface area contributed by atoms with E-state index in [1.165, 1.54) is 11.8 Å². The number of halogens is 1. The van der Waals surface area contributed by atoms with Gasteiger partial charge in [0.05, 0.1) is 11.8 Å². The van der Waals surface area contributed by atoms with E-state index in [1.807, 2.05) is 73.0 Å². The van der Waals surface area contributed by atoms with Gasteiger partial charge in [0.1, 0.15) is 0 Å². The van der Waals surface area contributed by atoms with Crippen LogP contribution in [0.25, 0.3) is 11.4 Å². The zero-order valence-electron chi connectivity index (χ0n) is 15.2. The van der Waals surface area contributed by atoms with Crippen LogP contribution in [0.4, 0.5) is 0 Å². The molecule has 0 saturated heterocycles. The van der Waals surface area contributed by atoms with Crippen LogP contribution in [-0.2, 0) is 11.3 Å². The maximum absolute atomic E-state index is 12.3. The summed E-state index contributed by atoms with van der Waals surface area (Å²) in [6, 6.07) is 17.9. The van der Waals surface area contributed by atoms with Crippen molar-refractivity contribution >= 4 is 33.6 Å². The number of hydrogen-bond acceptors (Lipinski definition) is 4. The lowest BCUT2D eigenvalue weighted by Gasteiger charge is -2.14. The van der Waals surface area contributed by atoms with E-state index >= 15 is 0 Å². The van der Waals surface area contributed by atoms with E-state index in [4.69, 9.17) is 0 Å². The van der Waals surface area contributed by atoms with Crippen LogP contribution in [0.1, 0.15) is 25.5 Å². The zero-order chi connectivity index (χ0) is 19.2. The number of benzene rings is 2. The predicted octanol–water partition coefficient (Wildman–Crippen LogP) is 4.70. The minimum Gasteiger partial charge on any atom is -0.349 e. The van der Waals surface area contributed by atoms with E-state index in [2.05, 4.69) is 31.4 Å². The van der Waals surface area contributed by atoms with Gasteiger partial charge in [0, 0.05) is 16.6 Å². The van der Waals surface area contributed by atoms with Crippen LogP contribution in [0.2, 0.25) is 0 Å². The number of nitrogens with zero attached hydrogens (tertiary/aromatic N) is 3. The standard InChI is InChI=1S/C20H21BrN4OS/c1-3-25-19(16-9-11-17(21)12-10-16)23-24-20(25)27-13-18(26)22-14(2)15-7-5-4-6-8-15/h4-12,14H,3,13H2,1-2H3,(H,22,26)/t14-/m1/s1. The van der Waals surface area contributed by atoms with Gasteiger partial charge < -0.3 is 9.88 Å². The lowest BCUT2D eigenvalue weighted by Crippen LogP contribution is -2.28. The van der Waals surface area contributed by atoms with Crippen LogP contribution < -0.4 is 5.32 Å². The number of aromatic nitrogens is 3. The first kappa shape index (κ1) is 19.6. The second kappa shape index (κ2) is 9.19. The van der Waals surface area contributed by atoms with Gasteiger partial charge in [0.2, 0.25) is 5.91 Å². The Kier molecular flexibility index (Phi) is 6.68. The quantitative estimate of drug-likeness (QED) is 0.536. The molecule has 0 aliphatic rings. The third kappa shape index (κ3) is 4.99. The first-order valence-electron chi connectivity index (χ1n) is 8.74. The summed E-state index contributed by atoms with van der Waals surface area (Å²) in [7, 11) is 0. The summed E-state index contributed by atoms with van der Waals surface area (Å²) >= 11 is 4.85. The van der Waals surface area contributed by atoms with E-state index < -0.39 is 0 Å². The second-order valence-corrected chi connectivity index (χ2v) is 7.90. The van der Waals surface area contributed by atoms with Gasteiger partial charge in [-0.05, 0) is 31.5 Å². The first-order chi connectivity index (χ1) is 13.1. The van der Waals surface area contributed by atoms with Crippen molar-refractivity contribution in [3.8, 4) is 11.4 Å². The normalized spacial score (nSPS) is 12.0. The van der Waals surface area contributed by atoms with Crippen molar-refractivity contribution in [1.29, 1.82) is 0 Å². The fourth-order valence-electron chi connectivity index (χ4n) is 2.73. The molecule has 1 N–H and O–H groups in total. The molecule has 0 unspecified atom stereocenters. The van der Waals surface area contributed by atoms with E-state index in [0.717, 1.165) is 33.1 Å². The number of amides is 1. The SMILES string of the molecule is CCn1c(SCC(=O)N[C@H](C)c2ccccc2)nnc1-c1ccc(Br)cc1. The molecular weight excluding hydrogens is 424 g/mol. The van der Waals surface area contributed by atoms with Crippen LogP contribution in [0.15, 0.2) is 64.2 Å². The molecule has 1 amide bonds. The smallest absolute Gasteiger partial charge is 0.230 e. The highest BCUT2D eigenvalue weighted by molar-refractivity contribution is 9.10. The number of rotatable bonds is 7. The van der Waals surface area contributed by atoms with E-state index in [9.17, 15) is 4.79 Å². The Labute approximate surface area is 171 Å². The Bertz CT molecular complexity index is 896. The topological polar surface area (TPSA) is 59.8 Å². The molecule has 0 aliphatic heterocycles. The zero-order valence-corrected chi connectivity index (χ0v) is 17.6. The van der Waals surface area contributed by atoms with Crippen LogP contribution in [0.3, 0.4) is 0 Å². The Morgan fingerprint density at radius 1 is 1.15 bits per heavy atom. The van der Waals surface area contributed by atoms with Crippen molar-refractivity contribution in [3.63, 3.8) is 0 Å². The van der Waals surface area contributed by atoms with E-state index in [-0.39, 0.29) is 11.9 Å². The molecule has 0 bridgehead atoms. The number of thioether (sulfide) groups is 1. The summed E-state index contributed by atoms with van der Waals surface area (Å²) in [4.78, 5) is 12.3. The van der Waals surface area contributed by atoms with Gasteiger partial charge in [0.25, 0.3) is 0 Å². The maximum atomic E-state index is 12.3.